The molecule has 0 aromatic heterocycles. The van der Waals surface area contributed by atoms with E-state index in [1.165, 1.54) is 0 Å². The van der Waals surface area contributed by atoms with Crippen molar-refractivity contribution in [3.05, 3.63) is 0 Å². The molecular formula is H3AlBO3P. The van der Waals surface area contributed by atoms with Crippen molar-refractivity contribution >= 4 is 32.4 Å². The summed E-state index contributed by atoms with van der Waals surface area (Å²) in [5.41, 5.74) is 0. The molecule has 0 heterocycles. The van der Waals surface area contributed by atoms with E-state index < -0.39 is 15.0 Å². The Hall–Kier alpha value is 0.747. The maximum absolute atomic E-state index is 9.22. The monoisotopic (exact) mass is 120 g/mol. The van der Waals surface area contributed by atoms with Crippen molar-refractivity contribution < 1.29 is 14.4 Å². The predicted octanol–water partition coefficient (Wildman–Crippen LogP) is -3.20. The summed E-state index contributed by atoms with van der Waals surface area (Å²) in [5, 5.41) is 0. The van der Waals surface area contributed by atoms with Crippen LogP contribution in [-0.2, 0) is 4.57 Å². The standard InChI is InChI=1S/Al.BH5O3P/c;1-5(2,3)4/h;1H3,(H2,2,3,4)/q+3;-1/p-2. The maximum atomic E-state index is 9.22. The zero-order valence-electron chi connectivity index (χ0n) is 2.25. The van der Waals surface area contributed by atoms with Gasteiger partial charge in [-0.25, -0.2) is 7.47 Å². The van der Waals surface area contributed by atoms with E-state index in [-0.39, 0.29) is 17.4 Å². The van der Waals surface area contributed by atoms with Gasteiger partial charge in [0.2, 0.25) is 0 Å². The molecule has 0 N–H and O–H groups in total. The molecule has 0 fully saturated rings. The van der Waals surface area contributed by atoms with Gasteiger partial charge in [-0.2, -0.15) is 0 Å². The average Bonchev–Trinajstić information content (AvgIpc) is 0.722. The fraction of sp³-hybridized carbons (Fsp3) is 0. The minimum atomic E-state index is -3.89. The Morgan fingerprint density at radius 3 is 1.50 bits per heavy atom. The molecule has 6 heavy (non-hydrogen) atoms. The van der Waals surface area contributed by atoms with Crippen molar-refractivity contribution in [3.63, 3.8) is 0 Å². The van der Waals surface area contributed by atoms with Crippen molar-refractivity contribution in [2.24, 2.45) is 0 Å². The molecule has 6 heteroatoms. The molecule has 0 rings (SSSR count). The number of hydrogen-bond acceptors (Lipinski definition) is 3. The van der Waals surface area contributed by atoms with Crippen molar-refractivity contribution in [1.29, 1.82) is 0 Å². The molecule has 0 radical (unpaired) electrons. The van der Waals surface area contributed by atoms with Crippen LogP contribution in [0.5, 0.6) is 0 Å². The first kappa shape index (κ1) is 9.89. The summed E-state index contributed by atoms with van der Waals surface area (Å²) in [4.78, 5) is 18.4. The van der Waals surface area contributed by atoms with Gasteiger partial charge in [-0.3, -0.25) is 0 Å². The normalized spacial score (nSPS) is 9.83. The average molecular weight is 120 g/mol. The van der Waals surface area contributed by atoms with Crippen LogP contribution in [0.25, 0.3) is 0 Å². The molecule has 32 valence electrons. The van der Waals surface area contributed by atoms with Crippen LogP contribution < -0.4 is 9.79 Å². The van der Waals surface area contributed by atoms with E-state index in [1.807, 2.05) is 0 Å². The smallest absolute Gasteiger partial charge is 0.840 e. The molecule has 0 amide bonds. The van der Waals surface area contributed by atoms with Gasteiger partial charge in [0, 0.05) is 0 Å². The summed E-state index contributed by atoms with van der Waals surface area (Å²) in [7, 11) is -4.84. The zero-order valence-corrected chi connectivity index (χ0v) is 4.30. The molecule has 0 unspecified atom stereocenters. The van der Waals surface area contributed by atoms with Gasteiger partial charge in [0.05, 0.1) is 0 Å². The number of hydrogen-bond donors (Lipinski definition) is 0. The van der Waals surface area contributed by atoms with Gasteiger partial charge in [-0.15, -0.1) is 0 Å². The summed E-state index contributed by atoms with van der Waals surface area (Å²) >= 11 is 0. The van der Waals surface area contributed by atoms with E-state index in [0.29, 0.717) is 0 Å². The molecule has 0 aromatic rings. The first-order valence-electron chi connectivity index (χ1n) is 0.548. The molecule has 0 saturated heterocycles. The van der Waals surface area contributed by atoms with Crippen molar-refractivity contribution in [2.45, 2.75) is 0 Å². The van der Waals surface area contributed by atoms with Gasteiger partial charge >= 0.3 is 17.4 Å². The van der Waals surface area contributed by atoms with E-state index in [4.69, 9.17) is 0 Å². The Balaban J connectivity index is 0. The van der Waals surface area contributed by atoms with Gasteiger partial charge in [0.25, 0.3) is 0 Å². The van der Waals surface area contributed by atoms with E-state index >= 15 is 0 Å². The Labute approximate surface area is 47.4 Å². The van der Waals surface area contributed by atoms with E-state index in [9.17, 15) is 14.4 Å². The van der Waals surface area contributed by atoms with Gasteiger partial charge < -0.3 is 14.4 Å². The van der Waals surface area contributed by atoms with E-state index in [2.05, 4.69) is 0 Å². The molecule has 0 spiro atoms. The Morgan fingerprint density at radius 1 is 1.50 bits per heavy atom. The second-order valence-electron chi connectivity index (χ2n) is 0.224. The Kier molecular flexibility index (Phi) is 4.69. The van der Waals surface area contributed by atoms with E-state index in [1.54, 1.807) is 0 Å². The quantitative estimate of drug-likeness (QED) is 0.249. The molecule has 0 aliphatic heterocycles. The summed E-state index contributed by atoms with van der Waals surface area (Å²) in [6, 6.07) is 0. The first-order chi connectivity index (χ1) is 2.00. The molecule has 0 aliphatic rings. The van der Waals surface area contributed by atoms with Gasteiger partial charge in [0.1, 0.15) is 0 Å². The zero-order chi connectivity index (χ0) is 4.50. The predicted molar refractivity (Wildman–Crippen MR) is 23.3 cm³/mol. The fourth-order valence-corrected chi connectivity index (χ4v) is 0. The third kappa shape index (κ3) is 119. The minimum absolute atomic E-state index is 0. The van der Waals surface area contributed by atoms with Gasteiger partial charge in [0.15, 0.2) is 0 Å². The van der Waals surface area contributed by atoms with Crippen LogP contribution in [0.2, 0.25) is 0 Å². The second kappa shape index (κ2) is 2.85. The summed E-state index contributed by atoms with van der Waals surface area (Å²) in [5.74, 6) is 0. The molecular weight excluding hydrogens is 117 g/mol. The third-order valence-corrected chi connectivity index (χ3v) is 0. The summed E-state index contributed by atoms with van der Waals surface area (Å²) in [6.07, 6.45) is 0. The van der Waals surface area contributed by atoms with Crippen molar-refractivity contribution in [2.75, 3.05) is 0 Å². The molecule has 0 aromatic carbocycles. The number of rotatable bonds is 0. The van der Waals surface area contributed by atoms with Gasteiger partial charge in [-0.1, -0.05) is 0 Å². The molecule has 0 bridgehead atoms. The van der Waals surface area contributed by atoms with Gasteiger partial charge in [-0.05, 0) is 7.57 Å². The van der Waals surface area contributed by atoms with Crippen molar-refractivity contribution in [1.82, 2.24) is 0 Å². The molecule has 0 saturated carbocycles. The van der Waals surface area contributed by atoms with Crippen LogP contribution >= 0.6 is 7.47 Å². The van der Waals surface area contributed by atoms with Crippen LogP contribution in [-0.4, -0.2) is 24.9 Å². The van der Waals surface area contributed by atoms with Crippen molar-refractivity contribution in [3.8, 4) is 0 Å². The van der Waals surface area contributed by atoms with Crippen LogP contribution in [0.4, 0.5) is 0 Å². The Bertz CT molecular complexity index is 56.9. The van der Waals surface area contributed by atoms with Crippen LogP contribution in [0.3, 0.4) is 0 Å². The second-order valence-corrected chi connectivity index (χ2v) is 0.671. The largest absolute Gasteiger partial charge is 3.00 e. The molecule has 0 aliphatic carbocycles. The topological polar surface area (TPSA) is 63.2 Å². The maximum Gasteiger partial charge on any atom is 3.00 e. The SMILES string of the molecule is [Al+3].[BH3-]P(=O)([O-])[O-]. The van der Waals surface area contributed by atoms with Crippen LogP contribution in [0, 0.1) is 0 Å². The minimum Gasteiger partial charge on any atom is -0.840 e. The first-order valence-corrected chi connectivity index (χ1v) is 1.64. The summed E-state index contributed by atoms with van der Waals surface area (Å²) in [6.45, 7) is 0. The Morgan fingerprint density at radius 2 is 1.50 bits per heavy atom. The fourth-order valence-electron chi connectivity index (χ4n) is 0. The van der Waals surface area contributed by atoms with Crippen LogP contribution in [0.1, 0.15) is 0 Å². The third-order valence-electron chi connectivity index (χ3n) is 0. The molecule has 3 nitrogen and oxygen atoms in total. The van der Waals surface area contributed by atoms with E-state index in [0.717, 1.165) is 0 Å². The molecule has 0 atom stereocenters. The summed E-state index contributed by atoms with van der Waals surface area (Å²) < 4.78 is 9.22. The van der Waals surface area contributed by atoms with Crippen LogP contribution in [0.15, 0.2) is 0 Å².